The summed E-state index contributed by atoms with van der Waals surface area (Å²) in [7, 11) is 0. The van der Waals surface area contributed by atoms with Crippen LogP contribution in [0.1, 0.15) is 42.5 Å². The summed E-state index contributed by atoms with van der Waals surface area (Å²) in [6.45, 7) is 0.0357. The summed E-state index contributed by atoms with van der Waals surface area (Å²) >= 11 is 5.75. The van der Waals surface area contributed by atoms with E-state index in [9.17, 15) is 19.1 Å². The van der Waals surface area contributed by atoms with E-state index >= 15 is 0 Å². The quantitative estimate of drug-likeness (QED) is 0.896. The van der Waals surface area contributed by atoms with Gasteiger partial charge in [0.05, 0.1) is 16.0 Å². The zero-order chi connectivity index (χ0) is 15.5. The van der Waals surface area contributed by atoms with E-state index in [0.717, 1.165) is 19.3 Å². The molecular formula is C15H17ClFNO3. The minimum Gasteiger partial charge on any atom is -0.481 e. The Labute approximate surface area is 127 Å². The van der Waals surface area contributed by atoms with Crippen molar-refractivity contribution in [2.75, 3.05) is 6.54 Å². The second-order valence-corrected chi connectivity index (χ2v) is 5.81. The number of aliphatic carboxylic acids is 1. The van der Waals surface area contributed by atoms with Gasteiger partial charge in [-0.3, -0.25) is 9.59 Å². The van der Waals surface area contributed by atoms with Crippen LogP contribution in [0.4, 0.5) is 4.39 Å². The molecule has 0 saturated heterocycles. The Morgan fingerprint density at radius 2 is 1.95 bits per heavy atom. The monoisotopic (exact) mass is 313 g/mol. The molecule has 1 fully saturated rings. The van der Waals surface area contributed by atoms with Crippen LogP contribution in [-0.4, -0.2) is 23.5 Å². The van der Waals surface area contributed by atoms with Gasteiger partial charge in [0.1, 0.15) is 5.82 Å². The van der Waals surface area contributed by atoms with Gasteiger partial charge in [-0.05, 0) is 25.0 Å². The number of carbonyl (C=O) groups excluding carboxylic acids is 1. The summed E-state index contributed by atoms with van der Waals surface area (Å²) in [5.41, 5.74) is -0.902. The standard InChI is InChI=1S/C15H17ClFNO3/c16-12-10(5-4-6-11(12)17)13(19)18-9-15(14(20)21)7-2-1-3-8-15/h4-6H,1-3,7-9H2,(H,18,19)(H,20,21). The highest BCUT2D eigenvalue weighted by Gasteiger charge is 2.39. The molecule has 114 valence electrons. The molecule has 1 amide bonds. The van der Waals surface area contributed by atoms with Crippen molar-refractivity contribution in [3.05, 3.63) is 34.6 Å². The lowest BCUT2D eigenvalue weighted by Crippen LogP contribution is -2.44. The number of carboxylic acid groups (broad SMARTS) is 1. The van der Waals surface area contributed by atoms with Gasteiger partial charge >= 0.3 is 5.97 Å². The third-order valence-corrected chi connectivity index (χ3v) is 4.43. The van der Waals surface area contributed by atoms with Gasteiger partial charge in [0, 0.05) is 6.54 Å². The molecule has 0 aromatic heterocycles. The minimum absolute atomic E-state index is 0.0213. The largest absolute Gasteiger partial charge is 0.481 e. The molecule has 0 unspecified atom stereocenters. The van der Waals surface area contributed by atoms with Gasteiger partial charge in [0.2, 0.25) is 0 Å². The first-order valence-electron chi connectivity index (χ1n) is 6.92. The molecule has 4 nitrogen and oxygen atoms in total. The van der Waals surface area contributed by atoms with Crippen molar-refractivity contribution in [1.29, 1.82) is 0 Å². The number of carboxylic acids is 1. The van der Waals surface area contributed by atoms with Gasteiger partial charge in [-0.1, -0.05) is 36.9 Å². The molecule has 0 spiro atoms. The third-order valence-electron chi connectivity index (χ3n) is 4.05. The van der Waals surface area contributed by atoms with Gasteiger partial charge < -0.3 is 10.4 Å². The first-order chi connectivity index (χ1) is 9.96. The van der Waals surface area contributed by atoms with Crippen molar-refractivity contribution in [2.24, 2.45) is 5.41 Å². The lowest BCUT2D eigenvalue weighted by molar-refractivity contribution is -0.150. The summed E-state index contributed by atoms with van der Waals surface area (Å²) in [6.07, 6.45) is 3.77. The molecule has 1 aliphatic carbocycles. The lowest BCUT2D eigenvalue weighted by Gasteiger charge is -2.33. The van der Waals surface area contributed by atoms with Crippen molar-refractivity contribution < 1.29 is 19.1 Å². The molecule has 1 aliphatic rings. The molecule has 0 bridgehead atoms. The van der Waals surface area contributed by atoms with Gasteiger partial charge in [0.15, 0.2) is 0 Å². The van der Waals surface area contributed by atoms with Crippen LogP contribution < -0.4 is 5.32 Å². The maximum atomic E-state index is 13.3. The van der Waals surface area contributed by atoms with E-state index in [1.807, 2.05) is 0 Å². The first kappa shape index (κ1) is 15.8. The van der Waals surface area contributed by atoms with Crippen LogP contribution in [0, 0.1) is 11.2 Å². The molecule has 1 aromatic rings. The molecule has 1 saturated carbocycles. The predicted octanol–water partition coefficient (Wildman–Crippen LogP) is 3.24. The van der Waals surface area contributed by atoms with E-state index in [2.05, 4.69) is 5.32 Å². The number of hydrogen-bond donors (Lipinski definition) is 2. The van der Waals surface area contributed by atoms with Crippen molar-refractivity contribution in [1.82, 2.24) is 5.32 Å². The summed E-state index contributed by atoms with van der Waals surface area (Å²) in [5, 5.41) is 11.8. The molecule has 1 aromatic carbocycles. The Morgan fingerprint density at radius 3 is 2.57 bits per heavy atom. The Balaban J connectivity index is 2.09. The lowest BCUT2D eigenvalue weighted by atomic mass is 9.74. The number of hydrogen-bond acceptors (Lipinski definition) is 2. The summed E-state index contributed by atoms with van der Waals surface area (Å²) in [5.74, 6) is -2.12. The van der Waals surface area contributed by atoms with E-state index < -0.39 is 23.1 Å². The number of benzene rings is 1. The number of amides is 1. The molecule has 0 atom stereocenters. The molecule has 21 heavy (non-hydrogen) atoms. The molecule has 0 aliphatic heterocycles. The highest BCUT2D eigenvalue weighted by molar-refractivity contribution is 6.34. The molecule has 2 rings (SSSR count). The van der Waals surface area contributed by atoms with Crippen molar-refractivity contribution in [3.63, 3.8) is 0 Å². The topological polar surface area (TPSA) is 66.4 Å². The smallest absolute Gasteiger partial charge is 0.311 e. The fourth-order valence-electron chi connectivity index (χ4n) is 2.72. The highest BCUT2D eigenvalue weighted by atomic mass is 35.5. The van der Waals surface area contributed by atoms with Gasteiger partial charge in [0.25, 0.3) is 5.91 Å². The Morgan fingerprint density at radius 1 is 1.29 bits per heavy atom. The number of nitrogens with one attached hydrogen (secondary N) is 1. The first-order valence-corrected chi connectivity index (χ1v) is 7.30. The summed E-state index contributed by atoms with van der Waals surface area (Å²) < 4.78 is 13.3. The van der Waals surface area contributed by atoms with Crippen LogP contribution >= 0.6 is 11.6 Å². The average molecular weight is 314 g/mol. The Bertz CT molecular complexity index is 556. The van der Waals surface area contributed by atoms with Gasteiger partial charge in [-0.15, -0.1) is 0 Å². The van der Waals surface area contributed by atoms with Crippen LogP contribution in [0.2, 0.25) is 5.02 Å². The molecule has 2 N–H and O–H groups in total. The Kier molecular flexibility index (Phi) is 4.83. The maximum absolute atomic E-state index is 13.3. The SMILES string of the molecule is O=C(NCC1(C(=O)O)CCCCC1)c1cccc(F)c1Cl. The fraction of sp³-hybridized carbons (Fsp3) is 0.467. The second kappa shape index (κ2) is 6.43. The molecular weight excluding hydrogens is 297 g/mol. The van der Waals surface area contributed by atoms with E-state index in [-0.39, 0.29) is 17.1 Å². The van der Waals surface area contributed by atoms with Crippen LogP contribution in [0.5, 0.6) is 0 Å². The molecule has 6 heteroatoms. The second-order valence-electron chi connectivity index (χ2n) is 5.43. The van der Waals surface area contributed by atoms with E-state index in [0.29, 0.717) is 12.8 Å². The zero-order valence-electron chi connectivity index (χ0n) is 11.5. The van der Waals surface area contributed by atoms with E-state index in [4.69, 9.17) is 11.6 Å². The van der Waals surface area contributed by atoms with E-state index in [1.165, 1.54) is 18.2 Å². The van der Waals surface area contributed by atoms with Gasteiger partial charge in [-0.2, -0.15) is 0 Å². The normalized spacial score (nSPS) is 17.2. The van der Waals surface area contributed by atoms with Crippen LogP contribution in [0.15, 0.2) is 18.2 Å². The van der Waals surface area contributed by atoms with Crippen LogP contribution in [0.25, 0.3) is 0 Å². The van der Waals surface area contributed by atoms with E-state index in [1.54, 1.807) is 0 Å². The third kappa shape index (κ3) is 3.35. The fourth-order valence-corrected chi connectivity index (χ4v) is 2.93. The molecule has 0 radical (unpaired) electrons. The highest BCUT2D eigenvalue weighted by Crippen LogP contribution is 2.36. The molecule has 0 heterocycles. The van der Waals surface area contributed by atoms with Crippen molar-refractivity contribution in [2.45, 2.75) is 32.1 Å². The van der Waals surface area contributed by atoms with Crippen LogP contribution in [-0.2, 0) is 4.79 Å². The Hall–Kier alpha value is -1.62. The zero-order valence-corrected chi connectivity index (χ0v) is 12.3. The van der Waals surface area contributed by atoms with Crippen molar-refractivity contribution >= 4 is 23.5 Å². The minimum atomic E-state index is -0.923. The van der Waals surface area contributed by atoms with Crippen molar-refractivity contribution in [3.8, 4) is 0 Å². The van der Waals surface area contributed by atoms with Crippen LogP contribution in [0.3, 0.4) is 0 Å². The number of rotatable bonds is 4. The summed E-state index contributed by atoms with van der Waals surface area (Å²) in [6, 6.07) is 3.97. The number of halogens is 2. The maximum Gasteiger partial charge on any atom is 0.311 e. The average Bonchev–Trinajstić information content (AvgIpc) is 2.48. The summed E-state index contributed by atoms with van der Waals surface area (Å²) in [4.78, 5) is 23.6. The predicted molar refractivity (Wildman–Crippen MR) is 76.9 cm³/mol. The number of carbonyl (C=O) groups is 2. The van der Waals surface area contributed by atoms with Gasteiger partial charge in [-0.25, -0.2) is 4.39 Å².